The minimum absolute atomic E-state index is 0.0294. The Bertz CT molecular complexity index is 2060. The predicted octanol–water partition coefficient (Wildman–Crippen LogP) is -2.37. The van der Waals surface area contributed by atoms with Gasteiger partial charge in [0.2, 0.25) is 0 Å². The van der Waals surface area contributed by atoms with Gasteiger partial charge < -0.3 is 114 Å². The van der Waals surface area contributed by atoms with E-state index in [2.05, 4.69) is 41.2 Å². The van der Waals surface area contributed by atoms with E-state index in [1.807, 2.05) is 13.8 Å². The maximum absolute atomic E-state index is 12.6. The van der Waals surface area contributed by atoms with Gasteiger partial charge in [-0.1, -0.05) is 60.6 Å². The Morgan fingerprint density at radius 2 is 1.28 bits per heavy atom. The molecule has 9 aliphatic rings. The molecule has 5 saturated heterocycles. The molecule has 76 heavy (non-hydrogen) atoms. The number of fused-ring (bicyclic) bond motifs is 7. The lowest BCUT2D eigenvalue weighted by atomic mass is 9.35. The number of ether oxygens (including phenoxy) is 9. The average Bonchev–Trinajstić information content (AvgIpc) is 3.87. The van der Waals surface area contributed by atoms with Gasteiger partial charge in [0.05, 0.1) is 56.8 Å². The van der Waals surface area contributed by atoms with Gasteiger partial charge in [-0.3, -0.25) is 0 Å². The summed E-state index contributed by atoms with van der Waals surface area (Å²) in [6.45, 7) is 17.2. The van der Waals surface area contributed by atoms with Crippen LogP contribution < -0.4 is 0 Å². The zero-order chi connectivity index (χ0) is 55.8. The van der Waals surface area contributed by atoms with Crippen molar-refractivity contribution in [3.63, 3.8) is 0 Å². The molecule has 438 valence electrons. The molecule has 23 nitrogen and oxygen atoms in total. The topological polar surface area (TPSA) is 366 Å². The third kappa shape index (κ3) is 9.04. The van der Waals surface area contributed by atoms with Crippen LogP contribution in [-0.2, 0) is 42.6 Å². The first-order chi connectivity index (χ1) is 35.4. The van der Waals surface area contributed by atoms with E-state index in [0.29, 0.717) is 38.5 Å². The van der Waals surface area contributed by atoms with E-state index in [0.717, 1.165) is 12.0 Å². The number of aliphatic hydroxyl groups is 14. The summed E-state index contributed by atoms with van der Waals surface area (Å²) in [4.78, 5) is 0. The number of aliphatic hydroxyl groups excluding tert-OH is 11. The Hall–Kier alpha value is -1.18. The highest BCUT2D eigenvalue weighted by Crippen LogP contribution is 2.78. The van der Waals surface area contributed by atoms with Gasteiger partial charge in [-0.05, 0) is 91.8 Å². The van der Waals surface area contributed by atoms with Crippen LogP contribution in [0.1, 0.15) is 100 Å². The maximum Gasteiger partial charge on any atom is 0.198 e. The molecular formula is C53H88O23. The van der Waals surface area contributed by atoms with Crippen LogP contribution in [0.15, 0.2) is 12.2 Å². The standard InChI is InChI=1S/C53H88O23/c1-22(2)23(3)16-31-51(9,65)40-24-10-11-29-48(6)14-13-30(47(4,5)28(48)12-15-49(29,7)50(24,8)46(64)53(40,67)76-31)72-43-38(32(58)25(57)19-68-43)74-44-39(75-42-36(62)35(61)33(59)26(17-54)70-42)37(34(60)27(18-55)71-44)73-45-41(63)52(66,20-56)21-69-45/h22,24-46,54-67H,3,10-21H2,1-2,4-9H3/t24-,25+,26-,27-,28+,29-,30+,31-,32+,33-,34-,35+,36-,37+,38-,39-,40+,41?,42+,43+,44+,45?,46-,48+,49-,50+,51+,52-,53-/m1/s1. The van der Waals surface area contributed by atoms with Gasteiger partial charge >= 0.3 is 0 Å². The monoisotopic (exact) mass is 1090 g/mol. The molecule has 4 saturated carbocycles. The fraction of sp³-hybridized carbons (Fsp3) is 0.962. The molecule has 14 N–H and O–H groups in total. The third-order valence-electron chi connectivity index (χ3n) is 21.3. The molecule has 0 radical (unpaired) electrons. The fourth-order valence-corrected chi connectivity index (χ4v) is 16.5. The largest absolute Gasteiger partial charge is 0.394 e. The van der Waals surface area contributed by atoms with Gasteiger partial charge in [-0.2, -0.15) is 0 Å². The summed E-state index contributed by atoms with van der Waals surface area (Å²) in [5.41, 5.74) is -4.98. The molecule has 0 aromatic rings. The van der Waals surface area contributed by atoms with E-state index in [1.165, 1.54) is 0 Å². The van der Waals surface area contributed by atoms with Crippen molar-refractivity contribution in [3.05, 3.63) is 12.2 Å². The van der Waals surface area contributed by atoms with Crippen LogP contribution in [-0.4, -0.2) is 238 Å². The van der Waals surface area contributed by atoms with Crippen molar-refractivity contribution in [2.24, 2.45) is 51.2 Å². The lowest BCUT2D eigenvalue weighted by molar-refractivity contribution is -0.402. The molecule has 9 fully saturated rings. The molecule has 29 atom stereocenters. The van der Waals surface area contributed by atoms with Crippen LogP contribution in [0.3, 0.4) is 0 Å². The van der Waals surface area contributed by atoms with Crippen LogP contribution in [0.5, 0.6) is 0 Å². The Labute approximate surface area is 443 Å². The van der Waals surface area contributed by atoms with Crippen molar-refractivity contribution in [1.82, 2.24) is 0 Å². The van der Waals surface area contributed by atoms with Gasteiger partial charge in [0, 0.05) is 5.41 Å². The van der Waals surface area contributed by atoms with Crippen molar-refractivity contribution < 1.29 is 114 Å². The summed E-state index contributed by atoms with van der Waals surface area (Å²) >= 11 is 0. The Kier molecular flexibility index (Phi) is 16.4. The van der Waals surface area contributed by atoms with Crippen LogP contribution in [0.2, 0.25) is 0 Å². The zero-order valence-electron chi connectivity index (χ0n) is 45.0. The molecule has 23 heteroatoms. The molecule has 2 unspecified atom stereocenters. The highest BCUT2D eigenvalue weighted by atomic mass is 16.8. The molecule has 0 aromatic heterocycles. The first kappa shape index (κ1) is 59.4. The minimum Gasteiger partial charge on any atom is -0.394 e. The van der Waals surface area contributed by atoms with Crippen molar-refractivity contribution in [2.45, 2.75) is 234 Å². The van der Waals surface area contributed by atoms with Crippen molar-refractivity contribution in [2.75, 3.05) is 33.0 Å². The Morgan fingerprint density at radius 3 is 1.91 bits per heavy atom. The van der Waals surface area contributed by atoms with E-state index < -0.39 is 182 Å². The van der Waals surface area contributed by atoms with Crippen LogP contribution in [0.25, 0.3) is 0 Å². The van der Waals surface area contributed by atoms with Crippen LogP contribution in [0.4, 0.5) is 0 Å². The molecule has 9 rings (SSSR count). The smallest absolute Gasteiger partial charge is 0.198 e. The first-order valence-corrected chi connectivity index (χ1v) is 27.4. The van der Waals surface area contributed by atoms with Gasteiger partial charge in [0.15, 0.2) is 30.9 Å². The highest BCUT2D eigenvalue weighted by molar-refractivity contribution is 5.27. The van der Waals surface area contributed by atoms with E-state index in [4.69, 9.17) is 42.6 Å². The summed E-state index contributed by atoms with van der Waals surface area (Å²) in [7, 11) is 0. The quantitative estimate of drug-likeness (QED) is 0.0639. The lowest BCUT2D eigenvalue weighted by Crippen LogP contribution is -2.68. The molecule has 0 amide bonds. The van der Waals surface area contributed by atoms with Crippen molar-refractivity contribution in [1.29, 1.82) is 0 Å². The number of hydrogen-bond acceptors (Lipinski definition) is 23. The molecule has 4 aliphatic carbocycles. The van der Waals surface area contributed by atoms with E-state index in [1.54, 1.807) is 6.92 Å². The van der Waals surface area contributed by atoms with E-state index in [9.17, 15) is 71.5 Å². The minimum atomic E-state index is -2.20. The molecule has 0 spiro atoms. The van der Waals surface area contributed by atoms with Gasteiger partial charge in [-0.15, -0.1) is 0 Å². The predicted molar refractivity (Wildman–Crippen MR) is 259 cm³/mol. The summed E-state index contributed by atoms with van der Waals surface area (Å²) in [5.74, 6) is -2.71. The summed E-state index contributed by atoms with van der Waals surface area (Å²) in [6, 6.07) is 0. The Morgan fingerprint density at radius 1 is 0.645 bits per heavy atom. The van der Waals surface area contributed by atoms with Crippen molar-refractivity contribution >= 4 is 0 Å². The third-order valence-corrected chi connectivity index (χ3v) is 21.3. The van der Waals surface area contributed by atoms with Crippen LogP contribution >= 0.6 is 0 Å². The second-order valence-corrected chi connectivity index (χ2v) is 25.9. The maximum atomic E-state index is 12.6. The normalized spacial score (nSPS) is 56.0. The second kappa shape index (κ2) is 20.9. The van der Waals surface area contributed by atoms with Gasteiger partial charge in [0.1, 0.15) is 85.0 Å². The molecule has 0 aromatic carbocycles. The summed E-state index contributed by atoms with van der Waals surface area (Å²) < 4.78 is 55.3. The molecule has 5 heterocycles. The van der Waals surface area contributed by atoms with E-state index >= 15 is 0 Å². The Balaban J connectivity index is 0.970. The zero-order valence-corrected chi connectivity index (χ0v) is 45.0. The molecule has 5 aliphatic heterocycles. The second-order valence-electron chi connectivity index (χ2n) is 25.9. The van der Waals surface area contributed by atoms with Crippen molar-refractivity contribution in [3.8, 4) is 0 Å². The number of rotatable bonds is 14. The highest BCUT2D eigenvalue weighted by Gasteiger charge is 2.81. The van der Waals surface area contributed by atoms with E-state index in [-0.39, 0.29) is 35.7 Å². The average molecular weight is 1090 g/mol. The van der Waals surface area contributed by atoms with Gasteiger partial charge in [0.25, 0.3) is 0 Å². The van der Waals surface area contributed by atoms with Crippen LogP contribution in [0, 0.1) is 51.2 Å². The van der Waals surface area contributed by atoms with Gasteiger partial charge in [-0.25, -0.2) is 0 Å². The lowest BCUT2D eigenvalue weighted by Gasteiger charge is -2.70. The summed E-state index contributed by atoms with van der Waals surface area (Å²) in [5, 5.41) is 156. The summed E-state index contributed by atoms with van der Waals surface area (Å²) in [6.07, 6.45) is -26.3. The fourth-order valence-electron chi connectivity index (χ4n) is 16.5. The first-order valence-electron chi connectivity index (χ1n) is 27.4. The SMILES string of the molecule is C=C(C[C@H]1O[C@]2(O)[C@@H]([C@H]3CC[C@@H]4[C@@]5(C)CC[C@H](O[C@@H]6OC[C@H](O)[C@H](O)[C@H]6O[C@@H]6O[C@H](CO)[C@@H](O)[C@H](OC7OC[C@](O)(CO)C7O)[C@H]6O[C@@H]6O[C@H](CO)[C@@H](O)[C@H](O)[C@H]6O)C(C)(C)[C@@H]5CC[C@@]4(C)[C@]3(C)[C@H]2O)[C@@]1(C)O)C(C)C. The molecule has 0 bridgehead atoms. The molecular weight excluding hydrogens is 1000 g/mol. The number of hydrogen-bond donors (Lipinski definition) is 14.